The molecular formula is C9H16IrO4. The molecule has 1 aliphatic rings. The van der Waals surface area contributed by atoms with Crippen LogP contribution in [0.5, 0.6) is 0 Å². The first-order chi connectivity index (χ1) is 5.83. The number of carbonyl (C=O) groups excluding carboxylic acids is 1. The minimum absolute atomic E-state index is 0. The average Bonchev–Trinajstić information content (AvgIpc) is 2.31. The molecule has 3 N–H and O–H groups in total. The predicted octanol–water partition coefficient (Wildman–Crippen LogP) is -0.0274. The van der Waals surface area contributed by atoms with Crippen molar-refractivity contribution in [1.82, 2.24) is 0 Å². The van der Waals surface area contributed by atoms with E-state index in [1.54, 1.807) is 0 Å². The van der Waals surface area contributed by atoms with Crippen LogP contribution < -0.4 is 0 Å². The van der Waals surface area contributed by atoms with Gasteiger partial charge in [0.1, 0.15) is 0 Å². The molecule has 1 radical (unpaired) electrons. The summed E-state index contributed by atoms with van der Waals surface area (Å²) >= 11 is 0. The third kappa shape index (κ3) is 11.9. The van der Waals surface area contributed by atoms with Gasteiger partial charge < -0.3 is 15.3 Å². The molecule has 1 rings (SSSR count). The van der Waals surface area contributed by atoms with Crippen LogP contribution in [0.25, 0.3) is 0 Å². The van der Waals surface area contributed by atoms with Crippen molar-refractivity contribution < 1.29 is 40.2 Å². The Bertz CT molecular complexity index is 199. The summed E-state index contributed by atoms with van der Waals surface area (Å²) in [6.45, 7) is 2.64. The van der Waals surface area contributed by atoms with Gasteiger partial charge in [-0.15, -0.1) is 0 Å². The predicted molar refractivity (Wildman–Crippen MR) is 47.9 cm³/mol. The second-order valence-electron chi connectivity index (χ2n) is 3.42. The summed E-state index contributed by atoms with van der Waals surface area (Å²) in [6, 6.07) is 0. The Morgan fingerprint density at radius 3 is 1.93 bits per heavy atom. The first-order valence-electron chi connectivity index (χ1n) is 4.11. The van der Waals surface area contributed by atoms with E-state index in [0.29, 0.717) is 6.42 Å². The van der Waals surface area contributed by atoms with E-state index in [-0.39, 0.29) is 32.5 Å². The van der Waals surface area contributed by atoms with Crippen molar-refractivity contribution in [2.75, 3.05) is 6.61 Å². The number of ketones is 1. The van der Waals surface area contributed by atoms with Crippen molar-refractivity contribution in [3.05, 3.63) is 11.6 Å². The molecule has 0 aromatic carbocycles. The maximum Gasteiger partial charge on any atom is 0.156 e. The quantitative estimate of drug-likeness (QED) is 0.559. The molecule has 5 heteroatoms. The van der Waals surface area contributed by atoms with Crippen molar-refractivity contribution in [3.63, 3.8) is 0 Å². The molecule has 0 atom stereocenters. The Morgan fingerprint density at radius 1 is 1.36 bits per heavy atom. The van der Waals surface area contributed by atoms with Gasteiger partial charge in [-0.2, -0.15) is 0 Å². The van der Waals surface area contributed by atoms with Gasteiger partial charge in [0.2, 0.25) is 0 Å². The third-order valence-electron chi connectivity index (χ3n) is 1.26. The van der Waals surface area contributed by atoms with Crippen molar-refractivity contribution >= 4 is 5.78 Å². The van der Waals surface area contributed by atoms with E-state index in [9.17, 15) is 4.79 Å². The smallest absolute Gasteiger partial charge is 0.156 e. The van der Waals surface area contributed by atoms with Crippen molar-refractivity contribution in [1.29, 1.82) is 0 Å². The fourth-order valence-electron chi connectivity index (χ4n) is 0.780. The van der Waals surface area contributed by atoms with Crippen LogP contribution in [0.4, 0.5) is 0 Å². The molecule has 0 saturated heterocycles. The summed E-state index contributed by atoms with van der Waals surface area (Å²) in [6.07, 6.45) is 2.88. The van der Waals surface area contributed by atoms with Crippen LogP contribution in [0.3, 0.4) is 0 Å². The molecule has 0 bridgehead atoms. The minimum Gasteiger partial charge on any atom is -0.392 e. The van der Waals surface area contributed by atoms with E-state index in [1.165, 1.54) is 19.9 Å². The van der Waals surface area contributed by atoms with E-state index < -0.39 is 5.79 Å². The van der Waals surface area contributed by atoms with Gasteiger partial charge >= 0.3 is 0 Å². The Morgan fingerprint density at radius 2 is 1.79 bits per heavy atom. The maximum absolute atomic E-state index is 10.4. The van der Waals surface area contributed by atoms with Crippen LogP contribution in [0.1, 0.15) is 26.7 Å². The van der Waals surface area contributed by atoms with Crippen LogP contribution in [0.15, 0.2) is 11.6 Å². The Kier molecular flexibility index (Phi) is 8.49. The van der Waals surface area contributed by atoms with E-state index in [4.69, 9.17) is 15.3 Å². The zero-order valence-electron chi connectivity index (χ0n) is 8.28. The van der Waals surface area contributed by atoms with Gasteiger partial charge in [0.25, 0.3) is 0 Å². The fraction of sp³-hybridized carbons (Fsp3) is 0.667. The zero-order chi connectivity index (χ0) is 10.5. The number of aliphatic hydroxyl groups excluding tert-OH is 1. The summed E-state index contributed by atoms with van der Waals surface area (Å²) in [5.41, 5.74) is 0.870. The number of carbonyl (C=O) groups is 1. The van der Waals surface area contributed by atoms with E-state index in [0.717, 1.165) is 12.0 Å². The van der Waals surface area contributed by atoms with Crippen molar-refractivity contribution in [3.8, 4) is 0 Å². The normalized spacial score (nSPS) is 15.2. The van der Waals surface area contributed by atoms with Crippen LogP contribution >= 0.6 is 0 Å². The summed E-state index contributed by atoms with van der Waals surface area (Å²) in [5.74, 6) is -1.35. The molecular weight excluding hydrogens is 364 g/mol. The van der Waals surface area contributed by atoms with Gasteiger partial charge in [-0.1, -0.05) is 0 Å². The molecule has 85 valence electrons. The zero-order valence-corrected chi connectivity index (χ0v) is 10.7. The minimum atomic E-state index is -1.50. The van der Waals surface area contributed by atoms with Crippen LogP contribution in [-0.4, -0.2) is 33.5 Å². The van der Waals surface area contributed by atoms with Gasteiger partial charge in [0.05, 0.1) is 6.61 Å². The Balaban J connectivity index is 0. The molecule has 0 saturated carbocycles. The number of hydrogen-bond acceptors (Lipinski definition) is 4. The Hall–Kier alpha value is -0.0606. The molecule has 0 fully saturated rings. The summed E-state index contributed by atoms with van der Waals surface area (Å²) in [7, 11) is 0. The van der Waals surface area contributed by atoms with Crippen molar-refractivity contribution in [2.45, 2.75) is 32.5 Å². The third-order valence-corrected chi connectivity index (χ3v) is 1.26. The molecule has 14 heavy (non-hydrogen) atoms. The molecule has 0 amide bonds. The van der Waals surface area contributed by atoms with Gasteiger partial charge in [-0.05, 0) is 31.9 Å². The monoisotopic (exact) mass is 381 g/mol. The molecule has 4 nitrogen and oxygen atoms in total. The van der Waals surface area contributed by atoms with Crippen LogP contribution in [-0.2, 0) is 24.9 Å². The molecule has 0 aliphatic heterocycles. The molecule has 0 unspecified atom stereocenters. The largest absolute Gasteiger partial charge is 0.392 e. The average molecular weight is 380 g/mol. The number of allylic oxidation sites excluding steroid dienone is 1. The second kappa shape index (κ2) is 7.26. The van der Waals surface area contributed by atoms with Gasteiger partial charge in [-0.3, -0.25) is 4.79 Å². The summed E-state index contributed by atoms with van der Waals surface area (Å²) < 4.78 is 0. The fourth-order valence-corrected chi connectivity index (χ4v) is 0.780. The summed E-state index contributed by atoms with van der Waals surface area (Å²) in [5, 5.41) is 24.6. The molecule has 0 aromatic rings. The number of aliphatic hydroxyl groups is 3. The van der Waals surface area contributed by atoms with E-state index in [1.807, 2.05) is 0 Å². The molecule has 0 heterocycles. The molecule has 1 aliphatic carbocycles. The van der Waals surface area contributed by atoms with E-state index >= 15 is 0 Å². The van der Waals surface area contributed by atoms with Crippen LogP contribution in [0.2, 0.25) is 0 Å². The second-order valence-corrected chi connectivity index (χ2v) is 3.42. The number of hydrogen-bond donors (Lipinski definition) is 3. The van der Waals surface area contributed by atoms with Crippen LogP contribution in [0, 0.1) is 0 Å². The van der Waals surface area contributed by atoms with Crippen molar-refractivity contribution in [2.24, 2.45) is 0 Å². The standard InChI is InChI=1S/C6H8O2.C3H8O2.Ir/c7-4-5-1-2-6(8)3-5;1-3(2,4)5;/h3,7H,1-2,4H2;4-5H,1-2H3;. The van der Waals surface area contributed by atoms with Gasteiger partial charge in [0, 0.05) is 26.5 Å². The SMILES string of the molecule is CC(C)(O)O.O=C1C=C(CO)CC1.[Ir]. The molecule has 0 spiro atoms. The topological polar surface area (TPSA) is 77.8 Å². The maximum atomic E-state index is 10.4. The van der Waals surface area contributed by atoms with Gasteiger partial charge in [0.15, 0.2) is 11.6 Å². The number of rotatable bonds is 1. The van der Waals surface area contributed by atoms with E-state index in [2.05, 4.69) is 0 Å². The Labute approximate surface area is 97.0 Å². The first-order valence-corrected chi connectivity index (χ1v) is 4.11. The summed E-state index contributed by atoms with van der Waals surface area (Å²) in [4.78, 5) is 10.4. The van der Waals surface area contributed by atoms with Gasteiger partial charge in [-0.25, -0.2) is 0 Å². The first kappa shape index (κ1) is 16.4. The molecule has 0 aromatic heterocycles.